The second-order valence-electron chi connectivity index (χ2n) is 6.99. The van der Waals surface area contributed by atoms with Crippen LogP contribution in [0.25, 0.3) is 0 Å². The minimum atomic E-state index is -0.641. The number of benzene rings is 1. The predicted octanol–water partition coefficient (Wildman–Crippen LogP) is 3.94. The SMILES string of the molecule is O=C(OCc1ccc([C@H]2C[C@@H]3CC[C@H]2C3)cc1)n1ccccc1=O. The monoisotopic (exact) mass is 323 g/mol. The lowest BCUT2D eigenvalue weighted by Crippen LogP contribution is -2.26. The Bertz CT molecular complexity index is 793. The molecule has 0 N–H and O–H groups in total. The van der Waals surface area contributed by atoms with Crippen molar-refractivity contribution >= 4 is 6.09 Å². The van der Waals surface area contributed by atoms with Crippen LogP contribution >= 0.6 is 0 Å². The maximum absolute atomic E-state index is 11.9. The van der Waals surface area contributed by atoms with Crippen molar-refractivity contribution < 1.29 is 9.53 Å². The number of aromatic nitrogens is 1. The number of carbonyl (C=O) groups is 1. The molecular formula is C20H21NO3. The molecule has 0 spiro atoms. The minimum absolute atomic E-state index is 0.178. The van der Waals surface area contributed by atoms with Crippen molar-refractivity contribution in [3.8, 4) is 0 Å². The molecule has 2 fully saturated rings. The zero-order chi connectivity index (χ0) is 16.5. The van der Waals surface area contributed by atoms with Gasteiger partial charge in [0, 0.05) is 12.3 Å². The fourth-order valence-electron chi connectivity index (χ4n) is 4.31. The van der Waals surface area contributed by atoms with Gasteiger partial charge >= 0.3 is 6.09 Å². The van der Waals surface area contributed by atoms with E-state index in [1.807, 2.05) is 12.1 Å². The van der Waals surface area contributed by atoms with Crippen LogP contribution in [0.4, 0.5) is 4.79 Å². The summed E-state index contributed by atoms with van der Waals surface area (Å²) in [6, 6.07) is 13.0. The molecule has 1 aromatic carbocycles. The Morgan fingerprint density at radius 3 is 2.58 bits per heavy atom. The smallest absolute Gasteiger partial charge is 0.421 e. The van der Waals surface area contributed by atoms with E-state index in [2.05, 4.69) is 12.1 Å². The van der Waals surface area contributed by atoms with Gasteiger partial charge < -0.3 is 4.74 Å². The van der Waals surface area contributed by atoms with E-state index in [-0.39, 0.29) is 12.2 Å². The number of nitrogens with zero attached hydrogens (tertiary/aromatic N) is 1. The summed E-state index contributed by atoms with van der Waals surface area (Å²) in [6.07, 6.45) is 6.29. The van der Waals surface area contributed by atoms with Gasteiger partial charge in [0.1, 0.15) is 6.61 Å². The molecule has 1 aromatic heterocycles. The summed E-state index contributed by atoms with van der Waals surface area (Å²) in [6.45, 7) is 0.178. The number of hydrogen-bond donors (Lipinski definition) is 0. The number of rotatable bonds is 3. The summed E-state index contributed by atoms with van der Waals surface area (Å²) in [7, 11) is 0. The van der Waals surface area contributed by atoms with Gasteiger partial charge in [0.25, 0.3) is 5.56 Å². The molecule has 3 atom stereocenters. The van der Waals surface area contributed by atoms with Gasteiger partial charge in [-0.15, -0.1) is 0 Å². The van der Waals surface area contributed by atoms with Crippen LogP contribution in [0.2, 0.25) is 0 Å². The predicted molar refractivity (Wildman–Crippen MR) is 90.9 cm³/mol. The summed E-state index contributed by atoms with van der Waals surface area (Å²) in [5, 5.41) is 0. The molecular weight excluding hydrogens is 302 g/mol. The molecule has 2 aliphatic carbocycles. The molecule has 0 amide bonds. The molecule has 4 nitrogen and oxygen atoms in total. The Kier molecular flexibility index (Phi) is 3.97. The lowest BCUT2D eigenvalue weighted by atomic mass is 9.83. The second-order valence-corrected chi connectivity index (χ2v) is 6.99. The van der Waals surface area contributed by atoms with Gasteiger partial charge in [-0.1, -0.05) is 36.8 Å². The normalized spacial score (nSPS) is 24.9. The molecule has 0 radical (unpaired) electrons. The molecule has 2 saturated carbocycles. The molecule has 2 bridgehead atoms. The maximum atomic E-state index is 11.9. The lowest BCUT2D eigenvalue weighted by Gasteiger charge is -2.22. The zero-order valence-corrected chi connectivity index (χ0v) is 13.6. The van der Waals surface area contributed by atoms with Crippen LogP contribution < -0.4 is 5.56 Å². The molecule has 4 heteroatoms. The van der Waals surface area contributed by atoms with Crippen LogP contribution in [0.15, 0.2) is 53.5 Å². The molecule has 24 heavy (non-hydrogen) atoms. The average Bonchev–Trinajstić information content (AvgIpc) is 3.24. The number of fused-ring (bicyclic) bond motifs is 2. The maximum Gasteiger partial charge on any atom is 0.421 e. The molecule has 2 aromatic rings. The lowest BCUT2D eigenvalue weighted by molar-refractivity contribution is 0.140. The van der Waals surface area contributed by atoms with Gasteiger partial charge in [-0.25, -0.2) is 9.36 Å². The van der Waals surface area contributed by atoms with Crippen LogP contribution in [0.3, 0.4) is 0 Å². The molecule has 0 saturated heterocycles. The van der Waals surface area contributed by atoms with E-state index in [1.165, 1.54) is 43.5 Å². The third kappa shape index (κ3) is 2.88. The summed E-state index contributed by atoms with van der Waals surface area (Å²) < 4.78 is 6.21. The van der Waals surface area contributed by atoms with E-state index in [1.54, 1.807) is 12.1 Å². The Balaban J connectivity index is 1.38. The van der Waals surface area contributed by atoms with E-state index >= 15 is 0 Å². The first-order chi connectivity index (χ1) is 11.7. The quantitative estimate of drug-likeness (QED) is 0.859. The fourth-order valence-corrected chi connectivity index (χ4v) is 4.31. The first kappa shape index (κ1) is 15.2. The average molecular weight is 323 g/mol. The zero-order valence-electron chi connectivity index (χ0n) is 13.6. The molecule has 124 valence electrons. The standard InChI is InChI=1S/C20H21NO3/c22-19-3-1-2-10-21(19)20(23)24-13-14-4-7-16(8-5-14)18-12-15-6-9-17(18)11-15/h1-5,7-8,10,15,17-18H,6,9,11-13H2/t15-,17+,18-/m1/s1. The van der Waals surface area contributed by atoms with Gasteiger partial charge in [-0.3, -0.25) is 4.79 Å². The molecule has 0 unspecified atom stereocenters. The first-order valence-corrected chi connectivity index (χ1v) is 8.64. The topological polar surface area (TPSA) is 48.3 Å². The van der Waals surface area contributed by atoms with Crippen molar-refractivity contribution in [3.63, 3.8) is 0 Å². The highest BCUT2D eigenvalue weighted by Crippen LogP contribution is 2.52. The number of hydrogen-bond acceptors (Lipinski definition) is 3. The van der Waals surface area contributed by atoms with Crippen LogP contribution in [0.5, 0.6) is 0 Å². The fraction of sp³-hybridized carbons (Fsp3) is 0.400. The Labute approximate surface area is 141 Å². The van der Waals surface area contributed by atoms with Crippen LogP contribution in [0.1, 0.15) is 42.7 Å². The third-order valence-electron chi connectivity index (χ3n) is 5.53. The first-order valence-electron chi connectivity index (χ1n) is 8.64. The molecule has 4 rings (SSSR count). The van der Waals surface area contributed by atoms with Crippen LogP contribution in [0, 0.1) is 11.8 Å². The van der Waals surface area contributed by atoms with Gasteiger partial charge in [0.2, 0.25) is 0 Å². The Morgan fingerprint density at radius 1 is 1.08 bits per heavy atom. The van der Waals surface area contributed by atoms with E-state index in [9.17, 15) is 9.59 Å². The van der Waals surface area contributed by atoms with E-state index in [0.717, 1.165) is 22.0 Å². The molecule has 0 aliphatic heterocycles. The second kappa shape index (κ2) is 6.27. The molecule has 1 heterocycles. The van der Waals surface area contributed by atoms with Crippen molar-refractivity contribution in [2.75, 3.05) is 0 Å². The Hall–Kier alpha value is -2.36. The third-order valence-corrected chi connectivity index (χ3v) is 5.53. The molecule has 2 aliphatic rings. The largest absolute Gasteiger partial charge is 0.444 e. The number of ether oxygens (including phenoxy) is 1. The number of pyridine rings is 1. The van der Waals surface area contributed by atoms with E-state index < -0.39 is 6.09 Å². The highest BCUT2D eigenvalue weighted by molar-refractivity contribution is 5.70. The highest BCUT2D eigenvalue weighted by atomic mass is 16.5. The summed E-state index contributed by atoms with van der Waals surface area (Å²) in [4.78, 5) is 23.5. The minimum Gasteiger partial charge on any atom is -0.444 e. The van der Waals surface area contributed by atoms with Crippen LogP contribution in [-0.4, -0.2) is 10.7 Å². The van der Waals surface area contributed by atoms with Crippen molar-refractivity contribution in [2.45, 2.75) is 38.2 Å². The van der Waals surface area contributed by atoms with Crippen molar-refractivity contribution in [1.29, 1.82) is 0 Å². The van der Waals surface area contributed by atoms with E-state index in [4.69, 9.17) is 4.74 Å². The van der Waals surface area contributed by atoms with Gasteiger partial charge in [0.05, 0.1) is 0 Å². The number of carbonyl (C=O) groups excluding carboxylic acids is 1. The van der Waals surface area contributed by atoms with Crippen LogP contribution in [-0.2, 0) is 11.3 Å². The van der Waals surface area contributed by atoms with Crippen molar-refractivity contribution in [1.82, 2.24) is 4.57 Å². The van der Waals surface area contributed by atoms with Crippen molar-refractivity contribution in [3.05, 3.63) is 70.1 Å². The summed E-state index contributed by atoms with van der Waals surface area (Å²) >= 11 is 0. The van der Waals surface area contributed by atoms with Crippen molar-refractivity contribution in [2.24, 2.45) is 11.8 Å². The summed E-state index contributed by atoms with van der Waals surface area (Å²) in [5.74, 6) is 2.51. The van der Waals surface area contributed by atoms with Gasteiger partial charge in [0.15, 0.2) is 0 Å². The Morgan fingerprint density at radius 2 is 1.92 bits per heavy atom. The van der Waals surface area contributed by atoms with E-state index in [0.29, 0.717) is 5.92 Å². The summed E-state index contributed by atoms with van der Waals surface area (Å²) in [5.41, 5.74) is 1.98. The van der Waals surface area contributed by atoms with Gasteiger partial charge in [-0.2, -0.15) is 0 Å². The highest BCUT2D eigenvalue weighted by Gasteiger charge is 2.39. The van der Waals surface area contributed by atoms with Gasteiger partial charge in [-0.05, 0) is 54.2 Å².